The Labute approximate surface area is 163 Å². The number of carbonyl (C=O) groups excluding carboxylic acids is 3. The van der Waals surface area contributed by atoms with Gasteiger partial charge in [0.25, 0.3) is 5.91 Å². The molecule has 1 aromatic rings. The van der Waals surface area contributed by atoms with Gasteiger partial charge in [-0.2, -0.15) is 0 Å². The fourth-order valence-electron chi connectivity index (χ4n) is 3.95. The number of piperazine rings is 1. The lowest BCUT2D eigenvalue weighted by Crippen LogP contribution is -2.52. The molecular weight excluding hydrogens is 366 g/mol. The number of ether oxygens (including phenoxy) is 2. The van der Waals surface area contributed by atoms with Gasteiger partial charge in [-0.05, 0) is 12.1 Å². The predicted molar refractivity (Wildman–Crippen MR) is 96.3 cm³/mol. The van der Waals surface area contributed by atoms with Crippen LogP contribution in [0, 0.1) is 0 Å². The molecule has 4 rings (SSSR count). The average molecular weight is 391 g/mol. The third-order valence-corrected chi connectivity index (χ3v) is 5.65. The molecule has 9 nitrogen and oxygen atoms in total. The molecule has 0 aliphatic carbocycles. The standard InChI is InChI=1S/C19H25N3O6/c23-16(20-5-3-19(4-6-20)27-12-13-28-19)14-17(24)21-7-9-22(10-8-21)18(25)15-2-1-11-26-15/h1-2,11H,3-10,12-14H2. The molecule has 3 amide bonds. The van der Waals surface area contributed by atoms with Gasteiger partial charge >= 0.3 is 0 Å². The molecule has 1 spiro atoms. The van der Waals surface area contributed by atoms with Crippen molar-refractivity contribution < 1.29 is 28.3 Å². The van der Waals surface area contributed by atoms with Crippen LogP contribution in [0.3, 0.4) is 0 Å². The molecule has 3 saturated heterocycles. The highest BCUT2D eigenvalue weighted by molar-refractivity contribution is 5.97. The highest BCUT2D eigenvalue weighted by atomic mass is 16.7. The molecule has 0 aromatic carbocycles. The molecule has 3 aliphatic heterocycles. The molecule has 0 unspecified atom stereocenters. The van der Waals surface area contributed by atoms with Gasteiger partial charge in [-0.3, -0.25) is 14.4 Å². The molecule has 152 valence electrons. The quantitative estimate of drug-likeness (QED) is 0.689. The van der Waals surface area contributed by atoms with Crippen molar-refractivity contribution in [1.82, 2.24) is 14.7 Å². The molecule has 4 heterocycles. The maximum Gasteiger partial charge on any atom is 0.289 e. The second kappa shape index (κ2) is 7.92. The Hall–Kier alpha value is -2.39. The predicted octanol–water partition coefficient (Wildman–Crippen LogP) is 0.320. The Morgan fingerprint density at radius 3 is 2.00 bits per heavy atom. The van der Waals surface area contributed by atoms with E-state index in [4.69, 9.17) is 13.9 Å². The van der Waals surface area contributed by atoms with Crippen LogP contribution in [0.4, 0.5) is 0 Å². The maximum absolute atomic E-state index is 12.5. The van der Waals surface area contributed by atoms with Crippen LogP contribution < -0.4 is 0 Å². The van der Waals surface area contributed by atoms with Crippen molar-refractivity contribution >= 4 is 17.7 Å². The van der Waals surface area contributed by atoms with Crippen LogP contribution >= 0.6 is 0 Å². The number of piperidine rings is 1. The van der Waals surface area contributed by atoms with Crippen molar-refractivity contribution in [2.24, 2.45) is 0 Å². The third-order valence-electron chi connectivity index (χ3n) is 5.65. The number of nitrogens with zero attached hydrogens (tertiary/aromatic N) is 3. The molecule has 3 aliphatic rings. The van der Waals surface area contributed by atoms with Gasteiger partial charge in [0.05, 0.1) is 19.5 Å². The van der Waals surface area contributed by atoms with Gasteiger partial charge < -0.3 is 28.6 Å². The van der Waals surface area contributed by atoms with Gasteiger partial charge in [-0.25, -0.2) is 0 Å². The highest BCUT2D eigenvalue weighted by Gasteiger charge is 2.41. The Morgan fingerprint density at radius 1 is 0.857 bits per heavy atom. The normalized spacial score (nSPS) is 21.9. The number of likely N-dealkylation sites (tertiary alicyclic amines) is 1. The van der Waals surface area contributed by atoms with Crippen LogP contribution in [-0.2, 0) is 19.1 Å². The van der Waals surface area contributed by atoms with Crippen molar-refractivity contribution in [2.75, 3.05) is 52.5 Å². The van der Waals surface area contributed by atoms with Crippen LogP contribution in [0.25, 0.3) is 0 Å². The van der Waals surface area contributed by atoms with Crippen LogP contribution in [0.2, 0.25) is 0 Å². The zero-order chi connectivity index (χ0) is 19.6. The van der Waals surface area contributed by atoms with Crippen LogP contribution in [0.15, 0.2) is 22.8 Å². The fraction of sp³-hybridized carbons (Fsp3) is 0.632. The summed E-state index contributed by atoms with van der Waals surface area (Å²) >= 11 is 0. The molecule has 3 fully saturated rings. The summed E-state index contributed by atoms with van der Waals surface area (Å²) in [6, 6.07) is 3.30. The van der Waals surface area contributed by atoms with Gasteiger partial charge in [0.2, 0.25) is 11.8 Å². The number of amides is 3. The Balaban J connectivity index is 1.22. The molecule has 28 heavy (non-hydrogen) atoms. The Kier molecular flexibility index (Phi) is 5.36. The first-order valence-corrected chi connectivity index (χ1v) is 9.73. The van der Waals surface area contributed by atoms with E-state index in [2.05, 4.69) is 0 Å². The molecule has 1 aromatic heterocycles. The van der Waals surface area contributed by atoms with E-state index in [9.17, 15) is 14.4 Å². The molecule has 0 radical (unpaired) electrons. The number of furan rings is 1. The smallest absolute Gasteiger partial charge is 0.289 e. The third kappa shape index (κ3) is 3.90. The van der Waals surface area contributed by atoms with Gasteiger partial charge in [-0.15, -0.1) is 0 Å². The van der Waals surface area contributed by atoms with Crippen molar-refractivity contribution in [2.45, 2.75) is 25.0 Å². The number of rotatable bonds is 3. The van der Waals surface area contributed by atoms with E-state index in [1.165, 1.54) is 6.26 Å². The first-order valence-electron chi connectivity index (χ1n) is 9.73. The Morgan fingerprint density at radius 2 is 1.43 bits per heavy atom. The molecule has 0 atom stereocenters. The summed E-state index contributed by atoms with van der Waals surface area (Å²) in [5.74, 6) is -0.756. The van der Waals surface area contributed by atoms with E-state index in [-0.39, 0.29) is 24.1 Å². The van der Waals surface area contributed by atoms with E-state index in [0.717, 1.165) is 0 Å². The summed E-state index contributed by atoms with van der Waals surface area (Å²) in [6.45, 7) is 3.98. The molecule has 0 bridgehead atoms. The van der Waals surface area contributed by atoms with Gasteiger partial charge in [-0.1, -0.05) is 0 Å². The van der Waals surface area contributed by atoms with Crippen molar-refractivity contribution in [3.63, 3.8) is 0 Å². The second-order valence-corrected chi connectivity index (χ2v) is 7.32. The van der Waals surface area contributed by atoms with E-state index >= 15 is 0 Å². The summed E-state index contributed by atoms with van der Waals surface area (Å²) < 4.78 is 16.5. The minimum Gasteiger partial charge on any atom is -0.459 e. The topological polar surface area (TPSA) is 92.5 Å². The summed E-state index contributed by atoms with van der Waals surface area (Å²) in [7, 11) is 0. The molecule has 0 N–H and O–H groups in total. The minimum absolute atomic E-state index is 0.138. The number of carbonyl (C=O) groups is 3. The minimum atomic E-state index is -0.530. The van der Waals surface area contributed by atoms with E-state index < -0.39 is 5.79 Å². The van der Waals surface area contributed by atoms with E-state index in [1.54, 1.807) is 26.8 Å². The Bertz CT molecular complexity index is 710. The lowest BCUT2D eigenvalue weighted by atomic mass is 10.0. The van der Waals surface area contributed by atoms with Crippen LogP contribution in [-0.4, -0.2) is 90.7 Å². The summed E-state index contributed by atoms with van der Waals surface area (Å²) in [5.41, 5.74) is 0. The van der Waals surface area contributed by atoms with Crippen molar-refractivity contribution in [1.29, 1.82) is 0 Å². The lowest BCUT2D eigenvalue weighted by molar-refractivity contribution is -0.187. The summed E-state index contributed by atoms with van der Waals surface area (Å²) in [6.07, 6.45) is 2.61. The van der Waals surface area contributed by atoms with Gasteiger partial charge in [0.15, 0.2) is 11.5 Å². The average Bonchev–Trinajstić information content (AvgIpc) is 3.41. The van der Waals surface area contributed by atoms with Gasteiger partial charge in [0, 0.05) is 52.1 Å². The monoisotopic (exact) mass is 391 g/mol. The molecular formula is C19H25N3O6. The van der Waals surface area contributed by atoms with E-state index in [0.29, 0.717) is 71.1 Å². The first-order chi connectivity index (χ1) is 13.6. The fourth-order valence-corrected chi connectivity index (χ4v) is 3.95. The van der Waals surface area contributed by atoms with Gasteiger partial charge in [0.1, 0.15) is 6.42 Å². The van der Waals surface area contributed by atoms with E-state index in [1.807, 2.05) is 0 Å². The summed E-state index contributed by atoms with van der Waals surface area (Å²) in [4.78, 5) is 42.3. The number of hydrogen-bond donors (Lipinski definition) is 0. The van der Waals surface area contributed by atoms with Crippen LogP contribution in [0.1, 0.15) is 29.8 Å². The second-order valence-electron chi connectivity index (χ2n) is 7.32. The number of hydrogen-bond acceptors (Lipinski definition) is 6. The molecule has 0 saturated carbocycles. The SMILES string of the molecule is O=C(CC(=O)N1CCC2(CC1)OCCO2)N1CCN(C(=O)c2ccco2)CC1. The van der Waals surface area contributed by atoms with Crippen molar-refractivity contribution in [3.05, 3.63) is 24.2 Å². The molecule has 9 heteroatoms. The first kappa shape index (κ1) is 18.9. The summed E-state index contributed by atoms with van der Waals surface area (Å²) in [5, 5.41) is 0. The van der Waals surface area contributed by atoms with Crippen molar-refractivity contribution in [3.8, 4) is 0 Å². The van der Waals surface area contributed by atoms with Crippen LogP contribution in [0.5, 0.6) is 0 Å². The zero-order valence-electron chi connectivity index (χ0n) is 15.8. The highest BCUT2D eigenvalue weighted by Crippen LogP contribution is 2.31. The largest absolute Gasteiger partial charge is 0.459 e. The zero-order valence-corrected chi connectivity index (χ0v) is 15.8. The maximum atomic E-state index is 12.5. The lowest BCUT2D eigenvalue weighted by Gasteiger charge is -2.38.